The van der Waals surface area contributed by atoms with Crippen LogP contribution in [-0.4, -0.2) is 29.7 Å². The van der Waals surface area contributed by atoms with Crippen molar-refractivity contribution in [1.29, 1.82) is 0 Å². The van der Waals surface area contributed by atoms with Crippen molar-refractivity contribution in [2.24, 2.45) is 0 Å². The van der Waals surface area contributed by atoms with E-state index in [-0.39, 0.29) is 0 Å². The highest BCUT2D eigenvalue weighted by Gasteiger charge is 2.23. The summed E-state index contributed by atoms with van der Waals surface area (Å²) in [4.78, 5) is 8.64. The molecule has 2 aliphatic rings. The molecule has 0 amide bonds. The number of nitrogens with two attached hydrogens (primary N) is 1. The van der Waals surface area contributed by atoms with Crippen LogP contribution >= 0.6 is 0 Å². The van der Waals surface area contributed by atoms with Crippen molar-refractivity contribution >= 4 is 22.9 Å². The fourth-order valence-electron chi connectivity index (χ4n) is 4.90. The first kappa shape index (κ1) is 22.2. The molecule has 3 aromatic rings. The van der Waals surface area contributed by atoms with Crippen LogP contribution in [0.4, 0.5) is 17.3 Å². The minimum absolute atomic E-state index is 0.450. The van der Waals surface area contributed by atoms with Crippen LogP contribution in [0.1, 0.15) is 48.3 Å². The van der Waals surface area contributed by atoms with Gasteiger partial charge < -0.3 is 15.8 Å². The summed E-state index contributed by atoms with van der Waals surface area (Å²) in [5.41, 5.74) is 20.5. The van der Waals surface area contributed by atoms with Gasteiger partial charge in [0.15, 0.2) is 5.82 Å². The summed E-state index contributed by atoms with van der Waals surface area (Å²) < 4.78 is 5.37. The molecule has 1 saturated carbocycles. The number of fused-ring (bicyclic) bond motifs is 1. The van der Waals surface area contributed by atoms with Crippen LogP contribution in [0.3, 0.4) is 0 Å². The van der Waals surface area contributed by atoms with E-state index in [2.05, 4.69) is 68.1 Å². The molecule has 8 nitrogen and oxygen atoms in total. The van der Waals surface area contributed by atoms with Gasteiger partial charge in [-0.15, -0.1) is 5.53 Å². The fraction of sp³-hybridized carbons (Fsp3) is 0.308. The summed E-state index contributed by atoms with van der Waals surface area (Å²) in [5.74, 6) is 2.36. The molecule has 176 valence electrons. The summed E-state index contributed by atoms with van der Waals surface area (Å²) in [7, 11) is 1.63. The lowest BCUT2D eigenvalue weighted by Crippen LogP contribution is -2.32. The monoisotopic (exact) mass is 457 g/mol. The molecule has 0 spiro atoms. The maximum absolute atomic E-state index is 6.12. The molecule has 2 aromatic heterocycles. The number of nitrogen functional groups attached to an aromatic ring is 1. The van der Waals surface area contributed by atoms with E-state index in [1.165, 1.54) is 31.2 Å². The maximum Gasteiger partial charge on any atom is 0.213 e. The second-order valence-corrected chi connectivity index (χ2v) is 8.77. The first-order valence-corrected chi connectivity index (χ1v) is 11.8. The quantitative estimate of drug-likeness (QED) is 0.361. The molecule has 0 unspecified atom stereocenters. The van der Waals surface area contributed by atoms with Gasteiger partial charge in [0.2, 0.25) is 5.88 Å². The Kier molecular flexibility index (Phi) is 6.60. The number of benzene rings is 1. The van der Waals surface area contributed by atoms with Gasteiger partial charge in [0, 0.05) is 30.4 Å². The van der Waals surface area contributed by atoms with E-state index in [0.29, 0.717) is 29.5 Å². The number of anilines is 3. The van der Waals surface area contributed by atoms with Gasteiger partial charge in [-0.3, -0.25) is 10.9 Å². The van der Waals surface area contributed by atoms with E-state index < -0.39 is 0 Å². The number of nitrogens with zero attached hydrogens (tertiary/aromatic N) is 2. The third-order valence-corrected chi connectivity index (χ3v) is 6.66. The van der Waals surface area contributed by atoms with Gasteiger partial charge >= 0.3 is 0 Å². The van der Waals surface area contributed by atoms with E-state index in [1.807, 2.05) is 18.2 Å². The molecule has 1 aromatic carbocycles. The van der Waals surface area contributed by atoms with Crippen molar-refractivity contribution in [2.75, 3.05) is 30.2 Å². The minimum atomic E-state index is 0.450. The highest BCUT2D eigenvalue weighted by molar-refractivity contribution is 5.92. The fourth-order valence-corrected chi connectivity index (χ4v) is 4.90. The molecule has 1 aliphatic heterocycles. The summed E-state index contributed by atoms with van der Waals surface area (Å²) in [5, 5.41) is 3.75. The zero-order valence-electron chi connectivity index (χ0n) is 19.3. The van der Waals surface area contributed by atoms with Crippen LogP contribution in [0.15, 0.2) is 60.8 Å². The van der Waals surface area contributed by atoms with Crippen molar-refractivity contribution in [3.63, 3.8) is 0 Å². The van der Waals surface area contributed by atoms with Crippen molar-refractivity contribution in [3.8, 4) is 5.88 Å². The van der Waals surface area contributed by atoms with E-state index >= 15 is 0 Å². The Morgan fingerprint density at radius 2 is 1.94 bits per heavy atom. The van der Waals surface area contributed by atoms with Crippen LogP contribution in [0.2, 0.25) is 0 Å². The van der Waals surface area contributed by atoms with Crippen LogP contribution < -0.4 is 32.2 Å². The molecule has 0 saturated heterocycles. The largest absolute Gasteiger partial charge is 0.481 e. The van der Waals surface area contributed by atoms with Crippen molar-refractivity contribution < 1.29 is 4.74 Å². The lowest BCUT2D eigenvalue weighted by molar-refractivity contribution is 0.351. The number of aromatic nitrogens is 2. The average molecular weight is 458 g/mol. The van der Waals surface area contributed by atoms with Gasteiger partial charge in [-0.1, -0.05) is 36.4 Å². The van der Waals surface area contributed by atoms with E-state index in [9.17, 15) is 0 Å². The van der Waals surface area contributed by atoms with Crippen molar-refractivity contribution in [2.45, 2.75) is 37.6 Å². The normalized spacial score (nSPS) is 19.7. The highest BCUT2D eigenvalue weighted by atomic mass is 16.5. The zero-order chi connectivity index (χ0) is 23.3. The number of hydrogen-bond donors (Lipinski definition) is 5. The van der Waals surface area contributed by atoms with Crippen LogP contribution in [0.25, 0.3) is 5.57 Å². The Morgan fingerprint density at radius 1 is 1.12 bits per heavy atom. The van der Waals surface area contributed by atoms with E-state index in [1.54, 1.807) is 13.3 Å². The molecule has 1 fully saturated rings. The number of pyridine rings is 2. The lowest BCUT2D eigenvalue weighted by Gasteiger charge is -2.29. The molecule has 5 rings (SSSR count). The first-order valence-electron chi connectivity index (χ1n) is 11.8. The second kappa shape index (κ2) is 10.1. The number of methoxy groups -OCH3 is 1. The van der Waals surface area contributed by atoms with Gasteiger partial charge in [0.25, 0.3) is 0 Å². The molecular weight excluding hydrogens is 426 g/mol. The molecule has 34 heavy (non-hydrogen) atoms. The van der Waals surface area contributed by atoms with Gasteiger partial charge in [-0.2, -0.15) is 0 Å². The predicted molar refractivity (Wildman–Crippen MR) is 136 cm³/mol. The third kappa shape index (κ3) is 4.83. The van der Waals surface area contributed by atoms with E-state index in [0.717, 1.165) is 28.9 Å². The molecular formula is C26H31N7O. The van der Waals surface area contributed by atoms with Crippen LogP contribution in [-0.2, 0) is 0 Å². The van der Waals surface area contributed by atoms with Crippen molar-refractivity contribution in [1.82, 2.24) is 20.8 Å². The molecule has 0 bridgehead atoms. The number of hydrazine groups is 2. The molecule has 0 atom stereocenters. The Balaban J connectivity index is 1.34. The van der Waals surface area contributed by atoms with Gasteiger partial charge in [-0.25, -0.2) is 9.97 Å². The van der Waals surface area contributed by atoms with Gasteiger partial charge in [0.05, 0.1) is 7.11 Å². The topological polar surface area (TPSA) is 109 Å². The molecule has 1 aliphatic carbocycles. The van der Waals surface area contributed by atoms with Gasteiger partial charge in [0.1, 0.15) is 11.5 Å². The van der Waals surface area contributed by atoms with Crippen LogP contribution in [0.5, 0.6) is 5.88 Å². The molecule has 3 heterocycles. The minimum Gasteiger partial charge on any atom is -0.481 e. The maximum atomic E-state index is 6.12. The molecule has 6 N–H and O–H groups in total. The Labute approximate surface area is 200 Å². The first-order chi connectivity index (χ1) is 16.7. The number of nitrogens with one attached hydrogen (secondary N) is 4. The van der Waals surface area contributed by atoms with Gasteiger partial charge in [-0.05, 0) is 60.4 Å². The highest BCUT2D eigenvalue weighted by Crippen LogP contribution is 2.37. The smallest absolute Gasteiger partial charge is 0.213 e. The SMILES string of the molecule is COc1cc(/C(=C\CN[C@H]2CC[C@H](c3ccccc3)CC2)c2cc(N)nc3c2NNN3)ccn1. The standard InChI is InChI=1S/C26H31N7O/c1-34-24-15-19(11-13-29-24)21(22-16-23(27)30-26-25(22)31-33-32-26)12-14-28-20-9-7-18(8-10-20)17-5-3-2-4-6-17/h2-6,11-13,15-16,18,20,28,31,33H,7-10,14H2,1H3,(H3,27,30,32)/b21-12+/t18-,20-. The average Bonchev–Trinajstić information content (AvgIpc) is 3.36. The Bertz CT molecular complexity index is 1160. The Morgan fingerprint density at radius 3 is 2.74 bits per heavy atom. The second-order valence-electron chi connectivity index (χ2n) is 8.77. The summed E-state index contributed by atoms with van der Waals surface area (Å²) >= 11 is 0. The zero-order valence-corrected chi connectivity index (χ0v) is 19.3. The van der Waals surface area contributed by atoms with Crippen molar-refractivity contribution in [3.05, 3.63) is 77.5 Å². The van der Waals surface area contributed by atoms with Crippen LogP contribution in [0, 0.1) is 0 Å². The number of hydrogen-bond acceptors (Lipinski definition) is 8. The van der Waals surface area contributed by atoms with E-state index in [4.69, 9.17) is 10.5 Å². The number of rotatable bonds is 7. The lowest BCUT2D eigenvalue weighted by atomic mass is 9.82. The molecule has 8 heteroatoms. The third-order valence-electron chi connectivity index (χ3n) is 6.66. The molecule has 0 radical (unpaired) electrons. The number of ether oxygens (including phenoxy) is 1. The predicted octanol–water partition coefficient (Wildman–Crippen LogP) is 4.07. The summed E-state index contributed by atoms with van der Waals surface area (Å²) in [6.45, 7) is 0.749. The summed E-state index contributed by atoms with van der Waals surface area (Å²) in [6.07, 6.45) is 8.77. The summed E-state index contributed by atoms with van der Waals surface area (Å²) in [6, 6.07) is 17.2. The Hall–Kier alpha value is -3.62.